The summed E-state index contributed by atoms with van der Waals surface area (Å²) in [4.78, 5) is 15.8. The summed E-state index contributed by atoms with van der Waals surface area (Å²) < 4.78 is 15.2. The molecule has 0 unspecified atom stereocenters. The van der Waals surface area contributed by atoms with Crippen LogP contribution in [0.5, 0.6) is 0 Å². The third kappa shape index (κ3) is 2.99. The molecule has 2 aromatic rings. The van der Waals surface area contributed by atoms with Gasteiger partial charge < -0.3 is 5.73 Å². The molecule has 0 atom stereocenters. The molecule has 20 heavy (non-hydrogen) atoms. The van der Waals surface area contributed by atoms with Crippen LogP contribution in [0.15, 0.2) is 24.5 Å². The summed E-state index contributed by atoms with van der Waals surface area (Å²) in [5, 5.41) is 6.26. The molecule has 7 heteroatoms. The lowest BCUT2D eigenvalue weighted by atomic mass is 10.1. The van der Waals surface area contributed by atoms with Crippen LogP contribution in [0.3, 0.4) is 0 Å². The van der Waals surface area contributed by atoms with E-state index in [0.717, 1.165) is 0 Å². The van der Waals surface area contributed by atoms with Crippen molar-refractivity contribution in [3.63, 3.8) is 0 Å². The Hall–Kier alpha value is -2.72. The lowest BCUT2D eigenvalue weighted by molar-refractivity contribution is 0.102. The first kappa shape index (κ1) is 13.7. The minimum atomic E-state index is -0.659. The van der Waals surface area contributed by atoms with Crippen molar-refractivity contribution < 1.29 is 9.18 Å². The lowest BCUT2D eigenvalue weighted by Gasteiger charge is -2.05. The molecule has 0 bridgehead atoms. The Bertz CT molecular complexity index is 698. The van der Waals surface area contributed by atoms with Gasteiger partial charge in [0.2, 0.25) is 5.95 Å². The van der Waals surface area contributed by atoms with Gasteiger partial charge in [0.15, 0.2) is 0 Å². The zero-order chi connectivity index (χ0) is 14.5. The molecular weight excluding hydrogens is 261 g/mol. The van der Waals surface area contributed by atoms with Gasteiger partial charge in [0.05, 0.1) is 12.1 Å². The number of carbonyl (C=O) groups is 1. The van der Waals surface area contributed by atoms with E-state index >= 15 is 0 Å². The summed E-state index contributed by atoms with van der Waals surface area (Å²) in [6.45, 7) is 0.190. The second-order valence-electron chi connectivity index (χ2n) is 3.86. The van der Waals surface area contributed by atoms with Crippen molar-refractivity contribution in [3.05, 3.63) is 41.5 Å². The second-order valence-corrected chi connectivity index (χ2v) is 3.86. The molecule has 1 heterocycles. The minimum Gasteiger partial charge on any atom is -0.320 e. The van der Waals surface area contributed by atoms with Crippen LogP contribution in [-0.2, 0) is 7.05 Å². The Kier molecular flexibility index (Phi) is 4.08. The SMILES string of the molecule is Cn1ncnc1NC(=O)c1ccc(C#CCN)cc1F. The van der Waals surface area contributed by atoms with Crippen LogP contribution in [0.1, 0.15) is 15.9 Å². The number of aryl methyl sites for hydroxylation is 1. The Morgan fingerprint density at radius 1 is 1.55 bits per heavy atom. The molecule has 0 saturated heterocycles. The lowest BCUT2D eigenvalue weighted by Crippen LogP contribution is -2.16. The first-order chi connectivity index (χ1) is 9.61. The zero-order valence-corrected chi connectivity index (χ0v) is 10.7. The molecule has 1 aromatic carbocycles. The highest BCUT2D eigenvalue weighted by Crippen LogP contribution is 2.12. The first-order valence-corrected chi connectivity index (χ1v) is 5.75. The second kappa shape index (κ2) is 5.95. The van der Waals surface area contributed by atoms with E-state index < -0.39 is 11.7 Å². The van der Waals surface area contributed by atoms with Crippen molar-refractivity contribution in [1.29, 1.82) is 0 Å². The molecule has 0 aliphatic rings. The monoisotopic (exact) mass is 273 g/mol. The predicted molar refractivity (Wildman–Crippen MR) is 71.3 cm³/mol. The number of amides is 1. The maximum atomic E-state index is 13.9. The average molecular weight is 273 g/mol. The van der Waals surface area contributed by atoms with E-state index in [9.17, 15) is 9.18 Å². The minimum absolute atomic E-state index is 0.0914. The summed E-state index contributed by atoms with van der Waals surface area (Å²) in [5.74, 6) is 4.28. The maximum Gasteiger partial charge on any atom is 0.260 e. The Morgan fingerprint density at radius 3 is 2.95 bits per heavy atom. The number of anilines is 1. The van der Waals surface area contributed by atoms with Crippen molar-refractivity contribution in [1.82, 2.24) is 14.8 Å². The van der Waals surface area contributed by atoms with Crippen molar-refractivity contribution in [2.24, 2.45) is 12.8 Å². The quantitative estimate of drug-likeness (QED) is 0.781. The number of hydrogen-bond acceptors (Lipinski definition) is 4. The van der Waals surface area contributed by atoms with E-state index in [-0.39, 0.29) is 18.1 Å². The van der Waals surface area contributed by atoms with Gasteiger partial charge in [-0.15, -0.1) is 0 Å². The zero-order valence-electron chi connectivity index (χ0n) is 10.7. The van der Waals surface area contributed by atoms with E-state index in [1.54, 1.807) is 13.1 Å². The molecule has 1 aromatic heterocycles. The van der Waals surface area contributed by atoms with Crippen LogP contribution < -0.4 is 11.1 Å². The smallest absolute Gasteiger partial charge is 0.260 e. The fraction of sp³-hybridized carbons (Fsp3) is 0.154. The Morgan fingerprint density at radius 2 is 2.35 bits per heavy atom. The summed E-state index contributed by atoms with van der Waals surface area (Å²) in [6, 6.07) is 4.10. The van der Waals surface area contributed by atoms with Crippen LogP contribution in [-0.4, -0.2) is 27.2 Å². The fourth-order valence-electron chi connectivity index (χ4n) is 1.51. The van der Waals surface area contributed by atoms with Gasteiger partial charge in [-0.05, 0) is 18.2 Å². The molecule has 6 nitrogen and oxygen atoms in total. The van der Waals surface area contributed by atoms with E-state index in [4.69, 9.17) is 5.73 Å². The van der Waals surface area contributed by atoms with Gasteiger partial charge in [0, 0.05) is 12.6 Å². The van der Waals surface area contributed by atoms with Crippen molar-refractivity contribution in [2.45, 2.75) is 0 Å². The normalized spacial score (nSPS) is 9.75. The number of aromatic nitrogens is 3. The highest BCUT2D eigenvalue weighted by molar-refractivity contribution is 6.03. The molecule has 0 radical (unpaired) electrons. The molecular formula is C13H12FN5O. The fourth-order valence-corrected chi connectivity index (χ4v) is 1.51. The number of nitrogens with one attached hydrogen (secondary N) is 1. The van der Waals surface area contributed by atoms with Crippen LogP contribution in [0.25, 0.3) is 0 Å². The Labute approximate surface area is 114 Å². The summed E-state index contributed by atoms with van der Waals surface area (Å²) >= 11 is 0. The third-order valence-corrected chi connectivity index (χ3v) is 2.49. The number of nitrogens with two attached hydrogens (primary N) is 1. The van der Waals surface area contributed by atoms with E-state index in [2.05, 4.69) is 27.2 Å². The molecule has 1 amide bonds. The number of hydrogen-bond donors (Lipinski definition) is 2. The van der Waals surface area contributed by atoms with Gasteiger partial charge in [-0.25, -0.2) is 9.07 Å². The van der Waals surface area contributed by atoms with Crippen LogP contribution in [0.2, 0.25) is 0 Å². The molecule has 102 valence electrons. The van der Waals surface area contributed by atoms with E-state index in [0.29, 0.717) is 5.56 Å². The summed E-state index contributed by atoms with van der Waals surface area (Å²) in [7, 11) is 1.62. The topological polar surface area (TPSA) is 85.8 Å². The van der Waals surface area contributed by atoms with Crippen molar-refractivity contribution >= 4 is 11.9 Å². The van der Waals surface area contributed by atoms with Crippen LogP contribution in [0.4, 0.5) is 10.3 Å². The van der Waals surface area contributed by atoms with Gasteiger partial charge in [0.1, 0.15) is 12.1 Å². The first-order valence-electron chi connectivity index (χ1n) is 5.75. The number of nitrogens with zero attached hydrogens (tertiary/aromatic N) is 3. The average Bonchev–Trinajstić information content (AvgIpc) is 2.82. The van der Waals surface area contributed by atoms with Crippen LogP contribution >= 0.6 is 0 Å². The molecule has 0 aliphatic carbocycles. The van der Waals surface area contributed by atoms with Gasteiger partial charge in [-0.2, -0.15) is 10.1 Å². The highest BCUT2D eigenvalue weighted by atomic mass is 19.1. The largest absolute Gasteiger partial charge is 0.320 e. The predicted octanol–water partition coefficient (Wildman–Crippen LogP) is 0.517. The molecule has 0 saturated carbocycles. The third-order valence-electron chi connectivity index (χ3n) is 2.49. The molecule has 2 rings (SSSR count). The molecule has 0 spiro atoms. The van der Waals surface area contributed by atoms with Crippen molar-refractivity contribution in [3.8, 4) is 11.8 Å². The molecule has 3 N–H and O–H groups in total. The van der Waals surface area contributed by atoms with Crippen LogP contribution in [0, 0.1) is 17.7 Å². The number of carbonyl (C=O) groups excluding carboxylic acids is 1. The summed E-state index contributed by atoms with van der Waals surface area (Å²) in [5.41, 5.74) is 5.61. The maximum absolute atomic E-state index is 13.9. The van der Waals surface area contributed by atoms with E-state index in [1.807, 2.05) is 0 Å². The number of benzene rings is 1. The van der Waals surface area contributed by atoms with Gasteiger partial charge >= 0.3 is 0 Å². The Balaban J connectivity index is 2.20. The standard InChI is InChI=1S/C13H12FN5O/c1-19-13(16-8-17-19)18-12(20)10-5-4-9(3-2-6-15)7-11(10)14/h4-5,7-8H,6,15H2,1H3,(H,16,17,18,20). The summed E-state index contributed by atoms with van der Waals surface area (Å²) in [6.07, 6.45) is 1.29. The van der Waals surface area contributed by atoms with Crippen molar-refractivity contribution in [2.75, 3.05) is 11.9 Å². The molecule has 0 aliphatic heterocycles. The molecule has 0 fully saturated rings. The van der Waals surface area contributed by atoms with Gasteiger partial charge in [-0.3, -0.25) is 10.1 Å². The van der Waals surface area contributed by atoms with Gasteiger partial charge in [-0.1, -0.05) is 11.8 Å². The number of halogens is 1. The number of rotatable bonds is 2. The van der Waals surface area contributed by atoms with Gasteiger partial charge in [0.25, 0.3) is 5.91 Å². The van der Waals surface area contributed by atoms with E-state index in [1.165, 1.54) is 23.1 Å². The highest BCUT2D eigenvalue weighted by Gasteiger charge is 2.14.